The number of amides is 1. The number of hydrogen-bond donors (Lipinski definition) is 2. The maximum Gasteiger partial charge on any atom is 0.267 e. The molecule has 0 spiro atoms. The van der Waals surface area contributed by atoms with E-state index in [1.54, 1.807) is 12.1 Å². The van der Waals surface area contributed by atoms with Crippen molar-refractivity contribution in [3.05, 3.63) is 34.2 Å². The van der Waals surface area contributed by atoms with Crippen molar-refractivity contribution in [2.24, 2.45) is 11.3 Å². The molecule has 2 fully saturated rings. The number of carbonyl (C=O) groups excluding carboxylic acids is 1. The van der Waals surface area contributed by atoms with Crippen LogP contribution in [-0.4, -0.2) is 29.6 Å². The molecule has 1 aliphatic carbocycles. The quantitative estimate of drug-likeness (QED) is 0.835. The summed E-state index contributed by atoms with van der Waals surface area (Å²) in [6, 6.07) is 4.82. The zero-order valence-electron chi connectivity index (χ0n) is 13.0. The Bertz CT molecular complexity index is 801. The van der Waals surface area contributed by atoms with Crippen LogP contribution in [0.15, 0.2) is 22.7 Å². The summed E-state index contributed by atoms with van der Waals surface area (Å²) in [7, 11) is 0. The van der Waals surface area contributed by atoms with Crippen molar-refractivity contribution in [2.75, 3.05) is 6.61 Å². The number of fused-ring (bicyclic) bond motifs is 2. The van der Waals surface area contributed by atoms with Crippen molar-refractivity contribution in [3.8, 4) is 0 Å². The molecule has 2 aliphatic rings. The van der Waals surface area contributed by atoms with E-state index in [4.69, 9.17) is 4.74 Å². The molecule has 0 radical (unpaired) electrons. The lowest BCUT2D eigenvalue weighted by atomic mass is 9.57. The fraction of sp³-hybridized carbons (Fsp3) is 0.471. The molecule has 1 aromatic heterocycles. The SMILES string of the molecule is CC1(C)C(NC(=O)c2cc3c(F)cc(Br)cc3[nH]2)C2CCOC21. The van der Waals surface area contributed by atoms with E-state index in [1.165, 1.54) is 6.07 Å². The van der Waals surface area contributed by atoms with Crippen molar-refractivity contribution < 1.29 is 13.9 Å². The van der Waals surface area contributed by atoms with Crippen LogP contribution < -0.4 is 5.32 Å². The van der Waals surface area contributed by atoms with Crippen LogP contribution in [0.1, 0.15) is 30.8 Å². The van der Waals surface area contributed by atoms with Gasteiger partial charge in [-0.3, -0.25) is 4.79 Å². The summed E-state index contributed by atoms with van der Waals surface area (Å²) >= 11 is 3.26. The molecule has 122 valence electrons. The number of nitrogens with one attached hydrogen (secondary N) is 2. The Kier molecular flexibility index (Phi) is 3.32. The highest BCUT2D eigenvalue weighted by molar-refractivity contribution is 9.10. The smallest absolute Gasteiger partial charge is 0.267 e. The molecule has 4 rings (SSSR count). The lowest BCUT2D eigenvalue weighted by Crippen LogP contribution is -2.66. The third-order valence-electron chi connectivity index (χ3n) is 5.28. The van der Waals surface area contributed by atoms with Crippen LogP contribution in [0.25, 0.3) is 10.9 Å². The number of carbonyl (C=O) groups is 1. The Labute approximate surface area is 141 Å². The van der Waals surface area contributed by atoms with Crippen molar-refractivity contribution in [1.82, 2.24) is 10.3 Å². The van der Waals surface area contributed by atoms with Gasteiger partial charge in [-0.15, -0.1) is 0 Å². The molecule has 1 aromatic carbocycles. The van der Waals surface area contributed by atoms with Gasteiger partial charge >= 0.3 is 0 Å². The van der Waals surface area contributed by atoms with Crippen LogP contribution in [0.4, 0.5) is 4.39 Å². The Morgan fingerprint density at radius 3 is 3.00 bits per heavy atom. The van der Waals surface area contributed by atoms with Crippen LogP contribution in [-0.2, 0) is 4.74 Å². The van der Waals surface area contributed by atoms with E-state index in [9.17, 15) is 9.18 Å². The molecule has 4 nitrogen and oxygen atoms in total. The van der Waals surface area contributed by atoms with Crippen molar-refractivity contribution in [3.63, 3.8) is 0 Å². The predicted octanol–water partition coefficient (Wildman–Crippen LogP) is 3.61. The molecule has 2 heterocycles. The first-order valence-corrected chi connectivity index (χ1v) is 8.57. The van der Waals surface area contributed by atoms with Gasteiger partial charge in [-0.1, -0.05) is 29.8 Å². The average Bonchev–Trinajstić information content (AvgIpc) is 3.09. The number of aromatic nitrogens is 1. The minimum atomic E-state index is -0.349. The molecule has 2 N–H and O–H groups in total. The molecule has 23 heavy (non-hydrogen) atoms. The second kappa shape index (κ2) is 5.05. The van der Waals surface area contributed by atoms with Gasteiger partial charge in [-0.05, 0) is 24.6 Å². The summed E-state index contributed by atoms with van der Waals surface area (Å²) in [5, 5.41) is 3.53. The lowest BCUT2D eigenvalue weighted by molar-refractivity contribution is -0.108. The van der Waals surface area contributed by atoms with Gasteiger partial charge in [0.25, 0.3) is 5.91 Å². The monoisotopic (exact) mass is 380 g/mol. The lowest BCUT2D eigenvalue weighted by Gasteiger charge is -2.54. The standard InChI is InChI=1S/C17H18BrFN2O2/c1-17(2)14(9-3-4-23-15(9)17)21-16(22)13-7-10-11(19)5-8(18)6-12(10)20-13/h5-7,9,14-15,20H,3-4H2,1-2H3,(H,21,22). The third-order valence-corrected chi connectivity index (χ3v) is 5.74. The van der Waals surface area contributed by atoms with Crippen LogP contribution in [0.2, 0.25) is 0 Å². The molecule has 3 unspecified atom stereocenters. The van der Waals surface area contributed by atoms with Gasteiger partial charge in [0.15, 0.2) is 0 Å². The van der Waals surface area contributed by atoms with Gasteiger partial charge in [0.1, 0.15) is 11.5 Å². The minimum absolute atomic E-state index is 0.0723. The molecule has 1 aliphatic heterocycles. The van der Waals surface area contributed by atoms with E-state index in [-0.39, 0.29) is 29.3 Å². The molecule has 2 aromatic rings. The minimum Gasteiger partial charge on any atom is -0.377 e. The van der Waals surface area contributed by atoms with E-state index in [1.807, 2.05) is 0 Å². The van der Waals surface area contributed by atoms with E-state index >= 15 is 0 Å². The Morgan fingerprint density at radius 1 is 1.43 bits per heavy atom. The van der Waals surface area contributed by atoms with Crippen LogP contribution >= 0.6 is 15.9 Å². The topological polar surface area (TPSA) is 54.1 Å². The number of rotatable bonds is 2. The fourth-order valence-electron chi connectivity index (χ4n) is 4.12. The first-order chi connectivity index (χ1) is 10.9. The van der Waals surface area contributed by atoms with Gasteiger partial charge in [-0.25, -0.2) is 4.39 Å². The summed E-state index contributed by atoms with van der Waals surface area (Å²) in [5.74, 6) is -0.165. The fourth-order valence-corrected chi connectivity index (χ4v) is 4.55. The number of benzene rings is 1. The number of halogens is 2. The summed E-state index contributed by atoms with van der Waals surface area (Å²) in [4.78, 5) is 15.6. The van der Waals surface area contributed by atoms with E-state index < -0.39 is 0 Å². The number of aromatic amines is 1. The highest BCUT2D eigenvalue weighted by atomic mass is 79.9. The predicted molar refractivity (Wildman–Crippen MR) is 88.8 cm³/mol. The second-order valence-corrected chi connectivity index (χ2v) is 7.96. The number of hydrogen-bond acceptors (Lipinski definition) is 2. The number of H-pyrrole nitrogens is 1. The van der Waals surface area contributed by atoms with Gasteiger partial charge in [0.2, 0.25) is 0 Å². The van der Waals surface area contributed by atoms with Gasteiger partial charge in [-0.2, -0.15) is 0 Å². The molecular weight excluding hydrogens is 363 g/mol. The summed E-state index contributed by atoms with van der Waals surface area (Å²) in [6.45, 7) is 5.00. The molecule has 1 amide bonds. The van der Waals surface area contributed by atoms with Crippen molar-refractivity contribution in [1.29, 1.82) is 0 Å². The summed E-state index contributed by atoms with van der Waals surface area (Å²) < 4.78 is 20.4. The largest absolute Gasteiger partial charge is 0.377 e. The maximum atomic E-state index is 14.0. The molecular formula is C17H18BrFN2O2. The molecule has 1 saturated heterocycles. The highest BCUT2D eigenvalue weighted by Crippen LogP contribution is 2.52. The van der Waals surface area contributed by atoms with Crippen molar-refractivity contribution >= 4 is 32.7 Å². The van der Waals surface area contributed by atoms with Crippen molar-refractivity contribution in [2.45, 2.75) is 32.4 Å². The van der Waals surface area contributed by atoms with Crippen LogP contribution in [0.3, 0.4) is 0 Å². The molecule has 3 atom stereocenters. The van der Waals surface area contributed by atoms with Crippen LogP contribution in [0, 0.1) is 17.2 Å². The molecule has 1 saturated carbocycles. The maximum absolute atomic E-state index is 14.0. The van der Waals surface area contributed by atoms with Gasteiger partial charge in [0.05, 0.1) is 11.6 Å². The second-order valence-electron chi connectivity index (χ2n) is 7.05. The normalized spacial score (nSPS) is 28.4. The first kappa shape index (κ1) is 15.1. The highest BCUT2D eigenvalue weighted by Gasteiger charge is 2.59. The summed E-state index contributed by atoms with van der Waals surface area (Å²) in [5.41, 5.74) is 0.920. The van der Waals surface area contributed by atoms with Gasteiger partial charge in [0, 0.05) is 33.8 Å². The van der Waals surface area contributed by atoms with Crippen LogP contribution in [0.5, 0.6) is 0 Å². The number of ether oxygens (including phenoxy) is 1. The Balaban J connectivity index is 1.59. The van der Waals surface area contributed by atoms with Gasteiger partial charge < -0.3 is 15.0 Å². The summed E-state index contributed by atoms with van der Waals surface area (Å²) in [6.07, 6.45) is 1.21. The van der Waals surface area contributed by atoms with E-state index in [0.29, 0.717) is 27.0 Å². The zero-order chi connectivity index (χ0) is 16.4. The van der Waals surface area contributed by atoms with E-state index in [0.717, 1.165) is 13.0 Å². The first-order valence-electron chi connectivity index (χ1n) is 7.78. The Hall–Kier alpha value is -1.40. The average molecular weight is 381 g/mol. The molecule has 0 bridgehead atoms. The zero-order valence-corrected chi connectivity index (χ0v) is 14.5. The Morgan fingerprint density at radius 2 is 2.22 bits per heavy atom. The van der Waals surface area contributed by atoms with E-state index in [2.05, 4.69) is 40.1 Å². The third kappa shape index (κ3) is 2.22. The molecule has 6 heteroatoms.